The summed E-state index contributed by atoms with van der Waals surface area (Å²) in [7, 11) is 1.51. The van der Waals surface area contributed by atoms with E-state index >= 15 is 0 Å². The fraction of sp³-hybridized carbons (Fsp3) is 0.429. The zero-order valence-electron chi connectivity index (χ0n) is 12.7. The second-order valence-electron chi connectivity index (χ2n) is 5.74. The van der Waals surface area contributed by atoms with Crippen LogP contribution in [0, 0.1) is 0 Å². The van der Waals surface area contributed by atoms with Gasteiger partial charge in [0, 0.05) is 5.54 Å². The van der Waals surface area contributed by atoms with Gasteiger partial charge in [0.25, 0.3) is 5.82 Å². The minimum Gasteiger partial charge on any atom is -0.497 e. The minimum atomic E-state index is -4.61. The number of alkyl halides is 3. The van der Waals surface area contributed by atoms with Gasteiger partial charge in [-0.25, -0.2) is 0 Å². The summed E-state index contributed by atoms with van der Waals surface area (Å²) in [5, 5.41) is 6.50. The van der Waals surface area contributed by atoms with E-state index in [2.05, 4.69) is 15.4 Å². The van der Waals surface area contributed by atoms with E-state index in [-0.39, 0.29) is 5.95 Å². The number of rotatable bonds is 3. The summed E-state index contributed by atoms with van der Waals surface area (Å²) >= 11 is 0. The molecule has 0 saturated carbocycles. The molecular weight excluding hydrogens is 297 g/mol. The lowest BCUT2D eigenvalue weighted by molar-refractivity contribution is -0.144. The third-order valence-electron chi connectivity index (χ3n) is 2.66. The average molecular weight is 314 g/mol. The Hall–Kier alpha value is -2.25. The number of ether oxygens (including phenoxy) is 1. The van der Waals surface area contributed by atoms with Crippen LogP contribution in [0.15, 0.2) is 24.3 Å². The zero-order chi connectivity index (χ0) is 16.5. The van der Waals surface area contributed by atoms with Crippen molar-refractivity contribution in [3.8, 4) is 11.4 Å². The molecule has 1 N–H and O–H groups in total. The molecule has 2 aromatic rings. The Kier molecular flexibility index (Phi) is 4.04. The van der Waals surface area contributed by atoms with Crippen molar-refractivity contribution < 1.29 is 17.9 Å². The lowest BCUT2D eigenvalue weighted by Gasteiger charge is -2.21. The van der Waals surface area contributed by atoms with Gasteiger partial charge in [0.15, 0.2) is 0 Å². The van der Waals surface area contributed by atoms with Crippen LogP contribution in [-0.4, -0.2) is 27.4 Å². The summed E-state index contributed by atoms with van der Waals surface area (Å²) in [4.78, 5) is 3.57. The quantitative estimate of drug-likeness (QED) is 0.942. The third kappa shape index (κ3) is 3.69. The van der Waals surface area contributed by atoms with E-state index in [9.17, 15) is 13.2 Å². The number of anilines is 1. The van der Waals surface area contributed by atoms with Crippen molar-refractivity contribution in [1.82, 2.24) is 14.8 Å². The van der Waals surface area contributed by atoms with Crippen LogP contribution in [0.1, 0.15) is 26.6 Å². The summed E-state index contributed by atoms with van der Waals surface area (Å²) in [5.74, 6) is -0.551. The predicted octanol–water partition coefficient (Wildman–Crippen LogP) is 3.51. The lowest BCUT2D eigenvalue weighted by atomic mass is 10.1. The first-order valence-electron chi connectivity index (χ1n) is 6.57. The lowest BCUT2D eigenvalue weighted by Crippen LogP contribution is -2.28. The number of nitrogens with one attached hydrogen (secondary N) is 1. The Balaban J connectivity index is 2.49. The molecule has 1 aromatic carbocycles. The largest absolute Gasteiger partial charge is 0.497 e. The van der Waals surface area contributed by atoms with Crippen LogP contribution in [0.3, 0.4) is 0 Å². The SMILES string of the molecule is COc1ccc(-n2nc(C(F)(F)F)nc2NC(C)(C)C)cc1. The molecule has 0 aliphatic heterocycles. The number of benzene rings is 1. The minimum absolute atomic E-state index is 0.0324. The highest BCUT2D eigenvalue weighted by atomic mass is 19.4. The molecule has 0 saturated heterocycles. The van der Waals surface area contributed by atoms with E-state index in [0.717, 1.165) is 4.68 Å². The van der Waals surface area contributed by atoms with Crippen LogP contribution < -0.4 is 10.1 Å². The Morgan fingerprint density at radius 1 is 1.09 bits per heavy atom. The van der Waals surface area contributed by atoms with Gasteiger partial charge < -0.3 is 10.1 Å². The van der Waals surface area contributed by atoms with Crippen molar-refractivity contribution in [2.24, 2.45) is 0 Å². The smallest absolute Gasteiger partial charge is 0.453 e. The van der Waals surface area contributed by atoms with Gasteiger partial charge >= 0.3 is 6.18 Å². The van der Waals surface area contributed by atoms with Crippen molar-refractivity contribution in [3.63, 3.8) is 0 Å². The highest BCUT2D eigenvalue weighted by Gasteiger charge is 2.37. The maximum Gasteiger partial charge on any atom is 0.453 e. The van der Waals surface area contributed by atoms with Gasteiger partial charge in [-0.3, -0.25) is 0 Å². The Bertz CT molecular complexity index is 642. The van der Waals surface area contributed by atoms with Gasteiger partial charge in [-0.05, 0) is 45.0 Å². The highest BCUT2D eigenvalue weighted by Crippen LogP contribution is 2.29. The molecule has 8 heteroatoms. The van der Waals surface area contributed by atoms with Gasteiger partial charge in [-0.1, -0.05) is 0 Å². The number of aromatic nitrogens is 3. The van der Waals surface area contributed by atoms with Crippen molar-refractivity contribution in [2.75, 3.05) is 12.4 Å². The maximum absolute atomic E-state index is 12.9. The molecule has 0 unspecified atom stereocenters. The van der Waals surface area contributed by atoms with E-state index in [4.69, 9.17) is 4.74 Å². The molecule has 0 bridgehead atoms. The van der Waals surface area contributed by atoms with Crippen LogP contribution in [-0.2, 0) is 6.18 Å². The van der Waals surface area contributed by atoms with Crippen LogP contribution in [0.25, 0.3) is 5.69 Å². The van der Waals surface area contributed by atoms with Gasteiger partial charge in [0.1, 0.15) is 5.75 Å². The molecule has 0 aliphatic carbocycles. The van der Waals surface area contributed by atoms with Crippen LogP contribution in [0.5, 0.6) is 5.75 Å². The van der Waals surface area contributed by atoms with Crippen LogP contribution >= 0.6 is 0 Å². The molecule has 22 heavy (non-hydrogen) atoms. The molecule has 2 rings (SSSR count). The summed E-state index contributed by atoms with van der Waals surface area (Å²) in [6, 6.07) is 6.51. The molecular formula is C14H17F3N4O. The van der Waals surface area contributed by atoms with E-state index in [1.807, 2.05) is 20.8 Å². The summed E-state index contributed by atoms with van der Waals surface area (Å²) < 4.78 is 44.8. The molecule has 1 heterocycles. The third-order valence-corrected chi connectivity index (χ3v) is 2.66. The summed E-state index contributed by atoms with van der Waals surface area (Å²) in [6.07, 6.45) is -4.61. The van der Waals surface area contributed by atoms with Gasteiger partial charge in [0.05, 0.1) is 12.8 Å². The number of nitrogens with zero attached hydrogens (tertiary/aromatic N) is 3. The van der Waals surface area contributed by atoms with E-state index in [1.54, 1.807) is 24.3 Å². The molecule has 1 aromatic heterocycles. The fourth-order valence-corrected chi connectivity index (χ4v) is 1.75. The fourth-order valence-electron chi connectivity index (χ4n) is 1.75. The molecule has 0 spiro atoms. The van der Waals surface area contributed by atoms with Crippen molar-refractivity contribution in [1.29, 1.82) is 0 Å². The Labute approximate surface area is 126 Å². The van der Waals surface area contributed by atoms with E-state index in [0.29, 0.717) is 11.4 Å². The highest BCUT2D eigenvalue weighted by molar-refractivity contribution is 5.44. The predicted molar refractivity (Wildman–Crippen MR) is 76.3 cm³/mol. The standard InChI is InChI=1S/C14H17F3N4O/c1-13(2,3)19-12-18-11(14(15,16)17)20-21(12)9-5-7-10(22-4)8-6-9/h5-8H,1-4H3,(H,18,19,20). The van der Waals surface area contributed by atoms with E-state index in [1.165, 1.54) is 7.11 Å². The molecule has 0 atom stereocenters. The Morgan fingerprint density at radius 2 is 1.68 bits per heavy atom. The first-order valence-corrected chi connectivity index (χ1v) is 6.57. The summed E-state index contributed by atoms with van der Waals surface area (Å²) in [5.41, 5.74) is -0.00400. The molecule has 0 aliphatic rings. The van der Waals surface area contributed by atoms with Crippen LogP contribution in [0.4, 0.5) is 19.1 Å². The number of halogens is 3. The summed E-state index contributed by atoms with van der Waals surface area (Å²) in [6.45, 7) is 5.48. The van der Waals surface area contributed by atoms with Gasteiger partial charge in [-0.2, -0.15) is 22.8 Å². The number of methoxy groups -OCH3 is 1. The molecule has 5 nitrogen and oxygen atoms in total. The van der Waals surface area contributed by atoms with Crippen LogP contribution in [0.2, 0.25) is 0 Å². The topological polar surface area (TPSA) is 52.0 Å². The average Bonchev–Trinajstić information content (AvgIpc) is 2.80. The second-order valence-corrected chi connectivity index (χ2v) is 5.74. The van der Waals surface area contributed by atoms with Crippen molar-refractivity contribution >= 4 is 5.95 Å². The van der Waals surface area contributed by atoms with Crippen molar-refractivity contribution in [3.05, 3.63) is 30.1 Å². The zero-order valence-corrected chi connectivity index (χ0v) is 12.7. The number of hydrogen-bond donors (Lipinski definition) is 1. The van der Waals surface area contributed by atoms with Crippen molar-refractivity contribution in [2.45, 2.75) is 32.5 Å². The van der Waals surface area contributed by atoms with Gasteiger partial charge in [-0.15, -0.1) is 5.10 Å². The van der Waals surface area contributed by atoms with Gasteiger partial charge in [0.2, 0.25) is 5.95 Å². The normalized spacial score (nSPS) is 12.3. The maximum atomic E-state index is 12.9. The molecule has 0 fully saturated rings. The Morgan fingerprint density at radius 3 is 2.14 bits per heavy atom. The first kappa shape index (κ1) is 16.1. The molecule has 0 amide bonds. The van der Waals surface area contributed by atoms with E-state index < -0.39 is 17.5 Å². The molecule has 120 valence electrons. The monoisotopic (exact) mass is 314 g/mol. The number of hydrogen-bond acceptors (Lipinski definition) is 4. The first-order chi connectivity index (χ1) is 10.1. The molecule has 0 radical (unpaired) electrons. The second kappa shape index (κ2) is 5.51.